The molecule has 3 heteroatoms. The van der Waals surface area contributed by atoms with E-state index in [1.165, 1.54) is 5.56 Å². The van der Waals surface area contributed by atoms with Crippen molar-refractivity contribution >= 4 is 0 Å². The first-order chi connectivity index (χ1) is 8.38. The van der Waals surface area contributed by atoms with Gasteiger partial charge in [0.05, 0.1) is 7.11 Å². The number of benzene rings is 1. The Morgan fingerprint density at radius 2 is 2.00 bits per heavy atom. The minimum atomic E-state index is -0.0593. The summed E-state index contributed by atoms with van der Waals surface area (Å²) in [5.41, 5.74) is 2.37. The topological polar surface area (TPSA) is 32.7 Å². The van der Waals surface area contributed by atoms with E-state index >= 15 is 0 Å². The highest BCUT2D eigenvalue weighted by Gasteiger charge is 2.18. The van der Waals surface area contributed by atoms with Crippen molar-refractivity contribution in [3.8, 4) is 5.75 Å². The number of ether oxygens (including phenoxy) is 1. The van der Waals surface area contributed by atoms with E-state index in [2.05, 4.69) is 44.9 Å². The van der Waals surface area contributed by atoms with Crippen LogP contribution in [-0.4, -0.2) is 37.3 Å². The Kier molecular flexibility index (Phi) is 5.17. The maximum absolute atomic E-state index is 9.28. The lowest BCUT2D eigenvalue weighted by Crippen LogP contribution is -2.33. The zero-order chi connectivity index (χ0) is 13.8. The van der Waals surface area contributed by atoms with E-state index in [-0.39, 0.29) is 12.0 Å². The van der Waals surface area contributed by atoms with Crippen LogP contribution >= 0.6 is 0 Å². The summed E-state index contributed by atoms with van der Waals surface area (Å²) in [6, 6.07) is 6.26. The molecule has 0 spiro atoms. The maximum Gasteiger partial charge on any atom is 0.121 e. The normalized spacial score (nSPS) is 11.9. The first-order valence-electron chi connectivity index (χ1n) is 6.31. The lowest BCUT2D eigenvalue weighted by atomic mass is 9.94. The van der Waals surface area contributed by atoms with Gasteiger partial charge in [0.2, 0.25) is 0 Å². The van der Waals surface area contributed by atoms with Crippen LogP contribution < -0.4 is 4.74 Å². The van der Waals surface area contributed by atoms with E-state index in [9.17, 15) is 5.11 Å². The zero-order valence-electron chi connectivity index (χ0n) is 12.2. The summed E-state index contributed by atoms with van der Waals surface area (Å²) in [6.45, 7) is 8.16. The van der Waals surface area contributed by atoms with Crippen molar-refractivity contribution in [1.29, 1.82) is 0 Å². The van der Waals surface area contributed by atoms with Gasteiger partial charge in [0.15, 0.2) is 0 Å². The minimum Gasteiger partial charge on any atom is -0.496 e. The predicted octanol–water partition coefficient (Wildman–Crippen LogP) is 2.45. The summed E-state index contributed by atoms with van der Waals surface area (Å²) >= 11 is 0. The molecule has 0 aliphatic heterocycles. The molecular formula is C15H25NO2. The van der Waals surface area contributed by atoms with Crippen LogP contribution in [0.5, 0.6) is 5.75 Å². The van der Waals surface area contributed by atoms with Gasteiger partial charge in [-0.3, -0.25) is 0 Å². The number of methoxy groups -OCH3 is 1. The van der Waals surface area contributed by atoms with Crippen LogP contribution in [-0.2, 0) is 6.54 Å². The molecule has 0 heterocycles. The quantitative estimate of drug-likeness (QED) is 0.843. The fourth-order valence-electron chi connectivity index (χ4n) is 2.19. The molecule has 3 nitrogen and oxygen atoms in total. The van der Waals surface area contributed by atoms with Gasteiger partial charge in [-0.25, -0.2) is 0 Å². The van der Waals surface area contributed by atoms with Gasteiger partial charge in [0.1, 0.15) is 5.75 Å². The van der Waals surface area contributed by atoms with Crippen LogP contribution in [0.4, 0.5) is 0 Å². The second kappa shape index (κ2) is 6.21. The molecule has 0 saturated heterocycles. The Bertz CT molecular complexity index is 388. The molecule has 0 aliphatic rings. The molecule has 0 saturated carbocycles. The molecule has 0 aliphatic carbocycles. The first kappa shape index (κ1) is 15.0. The third-order valence-corrected chi connectivity index (χ3v) is 3.04. The number of aliphatic hydroxyl groups is 1. The molecule has 0 unspecified atom stereocenters. The van der Waals surface area contributed by atoms with E-state index < -0.39 is 0 Å². The van der Waals surface area contributed by atoms with Gasteiger partial charge in [0.25, 0.3) is 0 Å². The minimum absolute atomic E-state index is 0.0593. The third-order valence-electron chi connectivity index (χ3n) is 3.04. The van der Waals surface area contributed by atoms with Crippen molar-refractivity contribution in [2.24, 2.45) is 5.41 Å². The van der Waals surface area contributed by atoms with Crippen LogP contribution in [0.15, 0.2) is 18.2 Å². The Morgan fingerprint density at radius 1 is 1.33 bits per heavy atom. The molecule has 0 amide bonds. The third kappa shape index (κ3) is 4.31. The van der Waals surface area contributed by atoms with Crippen LogP contribution in [0, 0.1) is 12.3 Å². The average Bonchev–Trinajstić information content (AvgIpc) is 2.28. The van der Waals surface area contributed by atoms with Crippen LogP contribution in [0.3, 0.4) is 0 Å². The highest BCUT2D eigenvalue weighted by atomic mass is 16.5. The Morgan fingerprint density at radius 3 is 2.50 bits per heavy atom. The van der Waals surface area contributed by atoms with Gasteiger partial charge in [-0.1, -0.05) is 26.0 Å². The summed E-state index contributed by atoms with van der Waals surface area (Å²) in [6.07, 6.45) is 0. The van der Waals surface area contributed by atoms with E-state index in [4.69, 9.17) is 4.74 Å². The molecule has 1 N–H and O–H groups in total. The largest absolute Gasteiger partial charge is 0.496 e. The zero-order valence-corrected chi connectivity index (χ0v) is 12.2. The lowest BCUT2D eigenvalue weighted by molar-refractivity contribution is 0.112. The Hall–Kier alpha value is -1.06. The number of aryl methyl sites for hydroxylation is 1. The van der Waals surface area contributed by atoms with Crippen LogP contribution in [0.25, 0.3) is 0 Å². The number of nitrogens with zero attached hydrogens (tertiary/aromatic N) is 1. The monoisotopic (exact) mass is 251 g/mol. The molecule has 0 fully saturated rings. The highest BCUT2D eigenvalue weighted by Crippen LogP contribution is 2.21. The van der Waals surface area contributed by atoms with Crippen molar-refractivity contribution in [2.45, 2.75) is 27.3 Å². The van der Waals surface area contributed by atoms with Gasteiger partial charge < -0.3 is 14.7 Å². The molecular weight excluding hydrogens is 226 g/mol. The standard InChI is InChI=1S/C15H25NO2/c1-12-8-13(6-7-14(12)18-5)9-16(4)10-15(2,3)11-17/h6-8,17H,9-11H2,1-5H3. The molecule has 0 bridgehead atoms. The lowest BCUT2D eigenvalue weighted by Gasteiger charge is -2.28. The number of hydrogen-bond acceptors (Lipinski definition) is 3. The molecule has 1 rings (SSSR count). The van der Waals surface area contributed by atoms with Crippen molar-refractivity contribution in [3.63, 3.8) is 0 Å². The summed E-state index contributed by atoms with van der Waals surface area (Å²) in [5.74, 6) is 0.928. The Balaban J connectivity index is 2.65. The van der Waals surface area contributed by atoms with E-state index in [0.29, 0.717) is 0 Å². The SMILES string of the molecule is COc1ccc(CN(C)CC(C)(C)CO)cc1C. The second-order valence-electron chi connectivity index (χ2n) is 5.80. The van der Waals surface area contributed by atoms with Crippen molar-refractivity contribution in [2.75, 3.05) is 27.3 Å². The van der Waals surface area contributed by atoms with Crippen molar-refractivity contribution < 1.29 is 9.84 Å². The molecule has 0 atom stereocenters. The number of hydrogen-bond donors (Lipinski definition) is 1. The summed E-state index contributed by atoms with van der Waals surface area (Å²) < 4.78 is 5.26. The maximum atomic E-state index is 9.28. The van der Waals surface area contributed by atoms with Crippen molar-refractivity contribution in [1.82, 2.24) is 4.90 Å². The summed E-state index contributed by atoms with van der Waals surface area (Å²) in [7, 11) is 3.77. The van der Waals surface area contributed by atoms with Gasteiger partial charge >= 0.3 is 0 Å². The van der Waals surface area contributed by atoms with Crippen LogP contribution in [0.1, 0.15) is 25.0 Å². The fourth-order valence-corrected chi connectivity index (χ4v) is 2.19. The molecule has 1 aromatic rings. The second-order valence-corrected chi connectivity index (χ2v) is 5.80. The number of aliphatic hydroxyl groups excluding tert-OH is 1. The van der Waals surface area contributed by atoms with E-state index in [0.717, 1.165) is 24.4 Å². The van der Waals surface area contributed by atoms with Crippen LogP contribution in [0.2, 0.25) is 0 Å². The van der Waals surface area contributed by atoms with E-state index in [1.54, 1.807) is 7.11 Å². The van der Waals surface area contributed by atoms with E-state index in [1.807, 2.05) is 6.07 Å². The molecule has 0 radical (unpaired) electrons. The van der Waals surface area contributed by atoms with Gasteiger partial charge in [-0.15, -0.1) is 0 Å². The fraction of sp³-hybridized carbons (Fsp3) is 0.600. The van der Waals surface area contributed by atoms with Gasteiger partial charge in [-0.2, -0.15) is 0 Å². The molecule has 102 valence electrons. The average molecular weight is 251 g/mol. The Labute approximate surface area is 110 Å². The highest BCUT2D eigenvalue weighted by molar-refractivity contribution is 5.36. The molecule has 0 aromatic heterocycles. The first-order valence-corrected chi connectivity index (χ1v) is 6.31. The molecule has 1 aromatic carbocycles. The predicted molar refractivity (Wildman–Crippen MR) is 74.9 cm³/mol. The molecule has 18 heavy (non-hydrogen) atoms. The summed E-state index contributed by atoms with van der Waals surface area (Å²) in [4.78, 5) is 2.23. The summed E-state index contributed by atoms with van der Waals surface area (Å²) in [5, 5.41) is 9.28. The smallest absolute Gasteiger partial charge is 0.121 e. The van der Waals surface area contributed by atoms with Crippen molar-refractivity contribution in [3.05, 3.63) is 29.3 Å². The number of rotatable bonds is 6. The van der Waals surface area contributed by atoms with Gasteiger partial charge in [0, 0.05) is 25.1 Å². The van der Waals surface area contributed by atoms with Gasteiger partial charge in [-0.05, 0) is 31.2 Å².